The van der Waals surface area contributed by atoms with Crippen molar-refractivity contribution >= 4 is 11.8 Å². The molecule has 6 aliphatic rings. The molecule has 0 N–H and O–H groups in total. The van der Waals surface area contributed by atoms with Crippen molar-refractivity contribution in [1.82, 2.24) is 9.80 Å². The third kappa shape index (κ3) is 2.38. The van der Waals surface area contributed by atoms with Crippen LogP contribution in [0.2, 0.25) is 0 Å². The van der Waals surface area contributed by atoms with Crippen LogP contribution in [0.25, 0.3) is 0 Å². The third-order valence-corrected chi connectivity index (χ3v) is 5.13. The van der Waals surface area contributed by atoms with E-state index in [9.17, 15) is 9.59 Å². The first-order valence-electron chi connectivity index (χ1n) is 8.66. The lowest BCUT2D eigenvalue weighted by atomic mass is 9.78. The van der Waals surface area contributed by atoms with Gasteiger partial charge in [-0.25, -0.2) is 0 Å². The molecular weight excluding hydrogens is 276 g/mol. The average Bonchev–Trinajstić information content (AvgIpc) is 2.50. The fourth-order valence-electron chi connectivity index (χ4n) is 3.84. The van der Waals surface area contributed by atoms with Gasteiger partial charge in [-0.15, -0.1) is 0 Å². The number of rotatable bonds is 6. The lowest BCUT2D eigenvalue weighted by molar-refractivity contribution is -0.151. The van der Waals surface area contributed by atoms with Crippen molar-refractivity contribution in [3.8, 4) is 0 Å². The number of hydrogen-bond acceptors (Lipinski definition) is 2. The topological polar surface area (TPSA) is 40.6 Å². The van der Waals surface area contributed by atoms with Crippen LogP contribution in [-0.2, 0) is 9.59 Å². The highest BCUT2D eigenvalue weighted by Crippen LogP contribution is 2.36. The van der Waals surface area contributed by atoms with Gasteiger partial charge in [-0.05, 0) is 12.8 Å². The Kier molecular flexibility index (Phi) is 4.37. The molecule has 6 rings (SSSR count). The van der Waals surface area contributed by atoms with E-state index in [1.54, 1.807) is 0 Å². The lowest BCUT2D eigenvalue weighted by Crippen LogP contribution is -2.63. The summed E-state index contributed by atoms with van der Waals surface area (Å²) in [6.45, 7) is 5.79. The molecule has 0 aromatic rings. The van der Waals surface area contributed by atoms with Gasteiger partial charge >= 0.3 is 0 Å². The zero-order valence-corrected chi connectivity index (χ0v) is 13.6. The number of carbonyl (C=O) groups excluding carboxylic acids is 2. The highest BCUT2D eigenvalue weighted by Gasteiger charge is 2.48. The Hall–Kier alpha value is -1.58. The van der Waals surface area contributed by atoms with Gasteiger partial charge in [-0.2, -0.15) is 0 Å². The summed E-state index contributed by atoms with van der Waals surface area (Å²) in [5.41, 5.74) is 0. The van der Waals surface area contributed by atoms with Gasteiger partial charge in [0.05, 0.1) is 23.9 Å². The summed E-state index contributed by atoms with van der Waals surface area (Å²) < 4.78 is 0. The normalized spacial score (nSPS) is 32.8. The molecule has 0 spiro atoms. The molecule has 0 aromatic carbocycles. The van der Waals surface area contributed by atoms with Crippen LogP contribution >= 0.6 is 0 Å². The fraction of sp³-hybridized carbons (Fsp3) is 0.667. The summed E-state index contributed by atoms with van der Waals surface area (Å²) >= 11 is 0. The molecule has 1 saturated heterocycles. The highest BCUT2D eigenvalue weighted by atomic mass is 16.2. The maximum Gasteiger partial charge on any atom is 0.232 e. The van der Waals surface area contributed by atoms with Crippen molar-refractivity contribution in [2.24, 2.45) is 11.8 Å². The first kappa shape index (κ1) is 15.3. The zero-order chi connectivity index (χ0) is 15.7. The van der Waals surface area contributed by atoms with Crippen LogP contribution in [0.5, 0.6) is 0 Å². The molecule has 2 amide bonds. The van der Waals surface area contributed by atoms with E-state index in [0.29, 0.717) is 0 Å². The molecular formula is C18H26N2O2. The molecule has 22 heavy (non-hydrogen) atoms. The molecule has 120 valence electrons. The van der Waals surface area contributed by atoms with Crippen molar-refractivity contribution in [2.75, 3.05) is 13.1 Å². The number of hydrogen-bond donors (Lipinski definition) is 0. The molecule has 4 heteroatoms. The van der Waals surface area contributed by atoms with Crippen LogP contribution in [0.3, 0.4) is 0 Å². The first-order chi connectivity index (χ1) is 10.7. The number of nitrogens with zero attached hydrogens (tertiary/aromatic N) is 2. The standard InChI is InChI=1S/C18H26N2O2/c1-3-5-11-19-15-9-7-14(17(19)21)16-10-8-13(15)18(22)20(16)12-6-4-2/h7-10,13-16H,3-6,11-12H2,1-2H3/t13-,14-,15+,16+/m0/s1. The van der Waals surface area contributed by atoms with Crippen LogP contribution in [0.4, 0.5) is 0 Å². The summed E-state index contributed by atoms with van der Waals surface area (Å²) in [6, 6.07) is -0.186. The number of carbonyl (C=O) groups is 2. The van der Waals surface area contributed by atoms with E-state index >= 15 is 0 Å². The largest absolute Gasteiger partial charge is 0.335 e. The Labute approximate surface area is 132 Å². The molecule has 0 radical (unpaired) electrons. The monoisotopic (exact) mass is 302 g/mol. The minimum atomic E-state index is -0.202. The Bertz CT molecular complexity index is 465. The van der Waals surface area contributed by atoms with E-state index < -0.39 is 0 Å². The second kappa shape index (κ2) is 6.27. The van der Waals surface area contributed by atoms with Crippen molar-refractivity contribution in [2.45, 2.75) is 51.6 Å². The van der Waals surface area contributed by atoms with E-state index in [-0.39, 0.29) is 35.7 Å². The predicted molar refractivity (Wildman–Crippen MR) is 86.1 cm³/mol. The summed E-state index contributed by atoms with van der Waals surface area (Å²) in [5, 5.41) is 0. The highest BCUT2D eigenvalue weighted by molar-refractivity contribution is 5.91. The smallest absolute Gasteiger partial charge is 0.232 e. The van der Waals surface area contributed by atoms with Gasteiger partial charge < -0.3 is 9.80 Å². The second-order valence-corrected chi connectivity index (χ2v) is 6.57. The van der Waals surface area contributed by atoms with Gasteiger partial charge in [0, 0.05) is 13.1 Å². The van der Waals surface area contributed by atoms with Gasteiger partial charge in [0.1, 0.15) is 0 Å². The molecule has 0 aromatic heterocycles. The van der Waals surface area contributed by atoms with Gasteiger partial charge in [-0.1, -0.05) is 51.0 Å². The summed E-state index contributed by atoms with van der Waals surface area (Å²) in [7, 11) is 0. The van der Waals surface area contributed by atoms with Crippen molar-refractivity contribution in [3.63, 3.8) is 0 Å². The maximum atomic E-state index is 12.9. The average molecular weight is 302 g/mol. The Morgan fingerprint density at radius 2 is 1.18 bits per heavy atom. The van der Waals surface area contributed by atoms with E-state index in [2.05, 4.69) is 26.0 Å². The van der Waals surface area contributed by atoms with Gasteiger partial charge in [0.25, 0.3) is 0 Å². The van der Waals surface area contributed by atoms with E-state index in [0.717, 1.165) is 38.8 Å². The molecule has 1 fully saturated rings. The molecule has 5 aliphatic heterocycles. The van der Waals surface area contributed by atoms with E-state index in [1.807, 2.05) is 22.0 Å². The minimum Gasteiger partial charge on any atom is -0.335 e. The lowest BCUT2D eigenvalue weighted by Gasteiger charge is -2.49. The Balaban J connectivity index is 1.92. The number of amides is 2. The Morgan fingerprint density at radius 3 is 1.55 bits per heavy atom. The molecule has 0 unspecified atom stereocenters. The van der Waals surface area contributed by atoms with E-state index in [1.165, 1.54) is 0 Å². The van der Waals surface area contributed by atoms with Gasteiger partial charge in [0.2, 0.25) is 11.8 Å². The van der Waals surface area contributed by atoms with Crippen molar-refractivity contribution in [1.29, 1.82) is 0 Å². The molecule has 5 heterocycles. The van der Waals surface area contributed by atoms with Gasteiger partial charge in [-0.3, -0.25) is 9.59 Å². The second-order valence-electron chi connectivity index (χ2n) is 6.57. The van der Waals surface area contributed by atoms with Crippen LogP contribution in [0.15, 0.2) is 24.3 Å². The van der Waals surface area contributed by atoms with Crippen LogP contribution in [0, 0.1) is 11.8 Å². The molecule has 4 nitrogen and oxygen atoms in total. The quantitative estimate of drug-likeness (QED) is 0.707. The number of unbranched alkanes of at least 4 members (excludes halogenated alkanes) is 2. The van der Waals surface area contributed by atoms with Crippen LogP contribution in [0.1, 0.15) is 39.5 Å². The molecule has 4 bridgehead atoms. The molecule has 0 saturated carbocycles. The van der Waals surface area contributed by atoms with Crippen molar-refractivity contribution < 1.29 is 9.59 Å². The SMILES string of the molecule is CCCCN1C(=O)[C@H]2C=C[C@@H]1[C@@H]1C=C[C@H]2N(CCCC)C1=O. The van der Waals surface area contributed by atoms with Gasteiger partial charge in [0.15, 0.2) is 0 Å². The Morgan fingerprint density at radius 1 is 0.773 bits per heavy atom. The summed E-state index contributed by atoms with van der Waals surface area (Å²) in [6.07, 6.45) is 12.4. The summed E-state index contributed by atoms with van der Waals surface area (Å²) in [4.78, 5) is 29.7. The van der Waals surface area contributed by atoms with Crippen LogP contribution < -0.4 is 0 Å². The molecule has 1 aliphatic carbocycles. The van der Waals surface area contributed by atoms with Crippen LogP contribution in [-0.4, -0.2) is 46.8 Å². The van der Waals surface area contributed by atoms with E-state index in [4.69, 9.17) is 0 Å². The maximum absolute atomic E-state index is 12.9. The third-order valence-electron chi connectivity index (χ3n) is 5.13. The molecule has 4 atom stereocenters. The van der Waals surface area contributed by atoms with Crippen molar-refractivity contribution in [3.05, 3.63) is 24.3 Å². The first-order valence-corrected chi connectivity index (χ1v) is 8.66. The zero-order valence-electron chi connectivity index (χ0n) is 13.6. The minimum absolute atomic E-state index is 0.0931. The fourth-order valence-corrected chi connectivity index (χ4v) is 3.84. The summed E-state index contributed by atoms with van der Waals surface area (Å²) in [5.74, 6) is 0.00132. The predicted octanol–water partition coefficient (Wildman–Crippen LogP) is 2.37.